The molecule has 1 aliphatic rings. The average molecular weight is 432 g/mol. The number of nitrogens with zero attached hydrogens (tertiary/aromatic N) is 5. The van der Waals surface area contributed by atoms with Crippen LogP contribution in [-0.4, -0.2) is 33.0 Å². The Hall–Kier alpha value is -3.68. The lowest BCUT2D eigenvalue weighted by Gasteiger charge is -2.32. The number of nitrogens with one attached hydrogen (secondary N) is 1. The van der Waals surface area contributed by atoms with Crippen LogP contribution >= 0.6 is 0 Å². The van der Waals surface area contributed by atoms with Crippen molar-refractivity contribution in [1.29, 1.82) is 0 Å². The van der Waals surface area contributed by atoms with Crippen LogP contribution < -0.4 is 10.2 Å². The zero-order chi connectivity index (χ0) is 22.1. The first-order valence-electron chi connectivity index (χ1n) is 10.6. The second-order valence-electron chi connectivity index (χ2n) is 8.11. The highest BCUT2D eigenvalue weighted by Crippen LogP contribution is 2.32. The van der Waals surface area contributed by atoms with Crippen molar-refractivity contribution < 1.29 is 8.78 Å². The predicted octanol–water partition coefficient (Wildman–Crippen LogP) is 5.34. The molecule has 1 fully saturated rings. The zero-order valence-electron chi connectivity index (χ0n) is 17.6. The molecule has 3 heterocycles. The summed E-state index contributed by atoms with van der Waals surface area (Å²) in [5.74, 6) is 0.0188. The van der Waals surface area contributed by atoms with Crippen molar-refractivity contribution in [2.24, 2.45) is 5.92 Å². The largest absolute Gasteiger partial charge is 0.355 e. The van der Waals surface area contributed by atoms with Crippen LogP contribution in [0.2, 0.25) is 0 Å². The number of piperidine rings is 1. The molecular weight excluding hydrogens is 410 g/mol. The van der Waals surface area contributed by atoms with E-state index in [9.17, 15) is 8.78 Å². The van der Waals surface area contributed by atoms with Gasteiger partial charge in [-0.05, 0) is 37.0 Å². The average Bonchev–Trinajstić information content (AvgIpc) is 2.80. The summed E-state index contributed by atoms with van der Waals surface area (Å²) in [7, 11) is 0. The molecular formula is C24H22F2N6. The highest BCUT2D eigenvalue weighted by molar-refractivity contribution is 5.93. The van der Waals surface area contributed by atoms with Gasteiger partial charge < -0.3 is 10.2 Å². The van der Waals surface area contributed by atoms with Gasteiger partial charge in [0.2, 0.25) is 0 Å². The number of anilines is 3. The van der Waals surface area contributed by atoms with E-state index in [1.165, 1.54) is 24.6 Å². The van der Waals surface area contributed by atoms with E-state index in [0.29, 0.717) is 17.1 Å². The van der Waals surface area contributed by atoms with Gasteiger partial charge in [0.25, 0.3) is 0 Å². The van der Waals surface area contributed by atoms with Crippen molar-refractivity contribution in [2.45, 2.75) is 19.8 Å². The van der Waals surface area contributed by atoms with E-state index in [4.69, 9.17) is 0 Å². The van der Waals surface area contributed by atoms with Crippen LogP contribution in [0.1, 0.15) is 19.8 Å². The van der Waals surface area contributed by atoms with Crippen molar-refractivity contribution in [3.8, 4) is 11.4 Å². The maximum absolute atomic E-state index is 14.3. The van der Waals surface area contributed by atoms with Crippen LogP contribution in [-0.2, 0) is 0 Å². The number of hydrogen-bond acceptors (Lipinski definition) is 6. The standard InChI is InChI=1S/C24H22F2N6/c1-15-5-4-10-32(13-15)24-20(12-27-14-29-24)30-19-9-2-6-16-11-28-23(31-22(16)19)21-17(25)7-3-8-18(21)26/h2-3,6-9,11-12,14-15,30H,4-5,10,13H2,1H3/t15-/m0/s1. The van der Waals surface area contributed by atoms with Crippen molar-refractivity contribution in [3.05, 3.63) is 66.8 Å². The lowest BCUT2D eigenvalue weighted by Crippen LogP contribution is -2.35. The quantitative estimate of drug-likeness (QED) is 0.469. The third kappa shape index (κ3) is 3.84. The molecule has 1 atom stereocenters. The fourth-order valence-corrected chi connectivity index (χ4v) is 4.18. The van der Waals surface area contributed by atoms with E-state index in [-0.39, 0.29) is 11.4 Å². The third-order valence-electron chi connectivity index (χ3n) is 5.71. The van der Waals surface area contributed by atoms with E-state index in [0.717, 1.165) is 36.4 Å². The Labute approximate surface area is 184 Å². The summed E-state index contributed by atoms with van der Waals surface area (Å²) >= 11 is 0. The van der Waals surface area contributed by atoms with Crippen LogP contribution in [0.5, 0.6) is 0 Å². The van der Waals surface area contributed by atoms with E-state index in [1.54, 1.807) is 18.7 Å². The topological polar surface area (TPSA) is 66.8 Å². The first-order valence-corrected chi connectivity index (χ1v) is 10.6. The summed E-state index contributed by atoms with van der Waals surface area (Å²) in [6.45, 7) is 4.11. The molecule has 162 valence electrons. The van der Waals surface area contributed by atoms with Crippen LogP contribution in [0.15, 0.2) is 55.1 Å². The van der Waals surface area contributed by atoms with Crippen molar-refractivity contribution in [1.82, 2.24) is 19.9 Å². The predicted molar refractivity (Wildman–Crippen MR) is 121 cm³/mol. The van der Waals surface area contributed by atoms with E-state index >= 15 is 0 Å². The highest BCUT2D eigenvalue weighted by Gasteiger charge is 2.21. The molecule has 0 saturated carbocycles. The molecule has 32 heavy (non-hydrogen) atoms. The van der Waals surface area contributed by atoms with Crippen molar-refractivity contribution >= 4 is 28.1 Å². The maximum Gasteiger partial charge on any atom is 0.165 e. The number of hydrogen-bond donors (Lipinski definition) is 1. The molecule has 2 aromatic carbocycles. The fraction of sp³-hybridized carbons (Fsp3) is 0.250. The monoisotopic (exact) mass is 432 g/mol. The summed E-state index contributed by atoms with van der Waals surface area (Å²) in [5, 5.41) is 4.14. The summed E-state index contributed by atoms with van der Waals surface area (Å²) in [4.78, 5) is 19.7. The van der Waals surface area contributed by atoms with Crippen LogP contribution in [0.4, 0.5) is 26.0 Å². The van der Waals surface area contributed by atoms with Crippen LogP contribution in [0, 0.1) is 17.6 Å². The second kappa shape index (κ2) is 8.45. The molecule has 0 unspecified atom stereocenters. The lowest BCUT2D eigenvalue weighted by atomic mass is 10.0. The fourth-order valence-electron chi connectivity index (χ4n) is 4.18. The highest BCUT2D eigenvalue weighted by atomic mass is 19.1. The normalized spacial score (nSPS) is 16.3. The Morgan fingerprint density at radius 3 is 2.62 bits per heavy atom. The van der Waals surface area contributed by atoms with Gasteiger partial charge in [0.1, 0.15) is 23.6 Å². The van der Waals surface area contributed by atoms with Gasteiger partial charge in [0, 0.05) is 24.7 Å². The van der Waals surface area contributed by atoms with Crippen LogP contribution in [0.25, 0.3) is 22.3 Å². The number of rotatable bonds is 4. The molecule has 1 N–H and O–H groups in total. The van der Waals surface area contributed by atoms with E-state index in [2.05, 4.69) is 37.1 Å². The van der Waals surface area contributed by atoms with Gasteiger partial charge in [-0.3, -0.25) is 0 Å². The van der Waals surface area contributed by atoms with Gasteiger partial charge in [-0.2, -0.15) is 0 Å². The first kappa shape index (κ1) is 20.2. The first-order chi connectivity index (χ1) is 15.6. The van der Waals surface area contributed by atoms with E-state index < -0.39 is 11.6 Å². The Bertz CT molecular complexity index is 1260. The Kier molecular flexibility index (Phi) is 5.34. The maximum atomic E-state index is 14.3. The minimum atomic E-state index is -0.701. The molecule has 1 aliphatic heterocycles. The summed E-state index contributed by atoms with van der Waals surface area (Å²) in [6.07, 6.45) is 7.18. The van der Waals surface area contributed by atoms with Gasteiger partial charge in [-0.1, -0.05) is 25.1 Å². The molecule has 1 saturated heterocycles. The molecule has 0 aliphatic carbocycles. The van der Waals surface area contributed by atoms with E-state index in [1.807, 2.05) is 18.2 Å². The lowest BCUT2D eigenvalue weighted by molar-refractivity contribution is 0.445. The Morgan fingerprint density at radius 1 is 1.00 bits per heavy atom. The molecule has 0 radical (unpaired) electrons. The molecule has 0 bridgehead atoms. The van der Waals surface area contributed by atoms with Crippen molar-refractivity contribution in [3.63, 3.8) is 0 Å². The molecule has 0 amide bonds. The third-order valence-corrected chi connectivity index (χ3v) is 5.71. The number of aromatic nitrogens is 4. The Balaban J connectivity index is 1.56. The smallest absolute Gasteiger partial charge is 0.165 e. The number of fused-ring (bicyclic) bond motifs is 1. The van der Waals surface area contributed by atoms with Gasteiger partial charge in [0.05, 0.1) is 23.0 Å². The SMILES string of the molecule is C[C@H]1CCCN(c2ncncc2Nc2cccc3cnc(-c4c(F)cccc4F)nc23)C1. The molecule has 0 spiro atoms. The molecule has 2 aromatic heterocycles. The number of halogens is 2. The second-order valence-corrected chi connectivity index (χ2v) is 8.11. The summed E-state index contributed by atoms with van der Waals surface area (Å²) in [5.41, 5.74) is 1.76. The minimum Gasteiger partial charge on any atom is -0.355 e. The van der Waals surface area contributed by atoms with Gasteiger partial charge >= 0.3 is 0 Å². The molecule has 6 nitrogen and oxygen atoms in total. The number of para-hydroxylation sites is 1. The van der Waals surface area contributed by atoms with Crippen LogP contribution in [0.3, 0.4) is 0 Å². The zero-order valence-corrected chi connectivity index (χ0v) is 17.6. The minimum absolute atomic E-state index is 0.00302. The molecule has 8 heteroatoms. The van der Waals surface area contributed by atoms with Crippen molar-refractivity contribution in [2.75, 3.05) is 23.3 Å². The van der Waals surface area contributed by atoms with Gasteiger partial charge in [0.15, 0.2) is 11.6 Å². The molecule has 4 aromatic rings. The summed E-state index contributed by atoms with van der Waals surface area (Å²) in [6, 6.07) is 9.32. The number of benzene rings is 2. The Morgan fingerprint density at radius 2 is 1.81 bits per heavy atom. The van der Waals surface area contributed by atoms with Gasteiger partial charge in [-0.25, -0.2) is 28.7 Å². The summed E-state index contributed by atoms with van der Waals surface area (Å²) < 4.78 is 28.6. The molecule has 5 rings (SSSR count). The van der Waals surface area contributed by atoms with Gasteiger partial charge in [-0.15, -0.1) is 0 Å².